The van der Waals surface area contributed by atoms with Crippen molar-refractivity contribution in [1.82, 2.24) is 10.3 Å². The molecule has 1 N–H and O–H groups in total. The van der Waals surface area contributed by atoms with Gasteiger partial charge in [-0.1, -0.05) is 12.1 Å². The van der Waals surface area contributed by atoms with Crippen LogP contribution < -0.4 is 5.32 Å². The normalized spacial score (nSPS) is 12.3. The predicted octanol–water partition coefficient (Wildman–Crippen LogP) is 3.60. The lowest BCUT2D eigenvalue weighted by Gasteiger charge is -2.10. The number of aromatic nitrogens is 1. The molecule has 1 unspecified atom stereocenters. The van der Waals surface area contributed by atoms with Crippen molar-refractivity contribution in [3.8, 4) is 0 Å². The summed E-state index contributed by atoms with van der Waals surface area (Å²) >= 11 is 0. The molecule has 0 bridgehead atoms. The monoisotopic (exact) mass is 302 g/mol. The molecule has 0 radical (unpaired) electrons. The second kappa shape index (κ2) is 5.55. The Morgan fingerprint density at radius 3 is 2.73 bits per heavy atom. The van der Waals surface area contributed by atoms with Gasteiger partial charge in [0, 0.05) is 6.07 Å². The number of para-hydroxylation sites is 2. The molecule has 0 fully saturated rings. The quantitative estimate of drug-likeness (QED) is 0.804. The van der Waals surface area contributed by atoms with Gasteiger partial charge in [0.15, 0.2) is 5.58 Å². The van der Waals surface area contributed by atoms with Gasteiger partial charge in [-0.05, 0) is 31.2 Å². The fourth-order valence-corrected chi connectivity index (χ4v) is 2.08. The third kappa shape index (κ3) is 2.67. The predicted molar refractivity (Wildman–Crippen MR) is 76.2 cm³/mol. The van der Waals surface area contributed by atoms with Gasteiger partial charge in [0.1, 0.15) is 23.2 Å². The number of nitrogens with zero attached hydrogens (tertiary/aromatic N) is 1. The summed E-state index contributed by atoms with van der Waals surface area (Å²) in [6, 6.07) is 9.43. The van der Waals surface area contributed by atoms with Gasteiger partial charge in [-0.2, -0.15) is 0 Å². The summed E-state index contributed by atoms with van der Waals surface area (Å²) in [6.45, 7) is 1.67. The molecule has 1 aromatic heterocycles. The molecule has 0 aliphatic rings. The second-order valence-electron chi connectivity index (χ2n) is 4.84. The highest BCUT2D eigenvalue weighted by molar-refractivity contribution is 5.94. The molecule has 0 saturated carbocycles. The van der Waals surface area contributed by atoms with Gasteiger partial charge in [0.05, 0.1) is 5.56 Å². The first kappa shape index (κ1) is 14.2. The smallest absolute Gasteiger partial charge is 0.254 e. The molecule has 0 spiro atoms. The lowest BCUT2D eigenvalue weighted by Crippen LogP contribution is -2.27. The lowest BCUT2D eigenvalue weighted by molar-refractivity contribution is 0.0930. The number of nitrogens with one attached hydrogen (secondary N) is 1. The molecule has 22 heavy (non-hydrogen) atoms. The van der Waals surface area contributed by atoms with Gasteiger partial charge in [0.2, 0.25) is 5.89 Å². The van der Waals surface area contributed by atoms with Crippen LogP contribution in [0.2, 0.25) is 0 Å². The van der Waals surface area contributed by atoms with E-state index in [0.29, 0.717) is 23.1 Å². The summed E-state index contributed by atoms with van der Waals surface area (Å²) in [7, 11) is 0. The number of oxazole rings is 1. The molecule has 0 saturated heterocycles. The van der Waals surface area contributed by atoms with Crippen LogP contribution in [0.5, 0.6) is 0 Å². The Kier molecular flexibility index (Phi) is 3.58. The lowest BCUT2D eigenvalue weighted by atomic mass is 10.2. The maximum atomic E-state index is 13.6. The first-order valence-corrected chi connectivity index (χ1v) is 6.66. The molecule has 1 amide bonds. The third-order valence-corrected chi connectivity index (χ3v) is 3.20. The number of halogens is 2. The number of amides is 1. The van der Waals surface area contributed by atoms with Crippen LogP contribution in [0, 0.1) is 11.6 Å². The average molecular weight is 302 g/mol. The minimum Gasteiger partial charge on any atom is -0.438 e. The van der Waals surface area contributed by atoms with Crippen LogP contribution in [0.1, 0.15) is 29.2 Å². The maximum Gasteiger partial charge on any atom is 0.254 e. The van der Waals surface area contributed by atoms with Crippen molar-refractivity contribution in [2.24, 2.45) is 0 Å². The fourth-order valence-electron chi connectivity index (χ4n) is 2.08. The topological polar surface area (TPSA) is 55.1 Å². The van der Waals surface area contributed by atoms with E-state index in [1.165, 1.54) is 0 Å². The summed E-state index contributed by atoms with van der Waals surface area (Å²) in [5.74, 6) is -1.99. The van der Waals surface area contributed by atoms with Gasteiger partial charge >= 0.3 is 0 Å². The molecule has 3 rings (SSSR count). The van der Waals surface area contributed by atoms with E-state index in [1.54, 1.807) is 19.1 Å². The number of hydrogen-bond acceptors (Lipinski definition) is 3. The number of carbonyl (C=O) groups is 1. The van der Waals surface area contributed by atoms with Crippen LogP contribution in [0.25, 0.3) is 11.1 Å². The van der Waals surface area contributed by atoms with E-state index < -0.39 is 23.6 Å². The molecule has 1 heterocycles. The Morgan fingerprint density at radius 1 is 1.23 bits per heavy atom. The average Bonchev–Trinajstić information content (AvgIpc) is 2.91. The Labute approximate surface area is 124 Å². The molecule has 0 aliphatic heterocycles. The van der Waals surface area contributed by atoms with Gasteiger partial charge in [-0.15, -0.1) is 0 Å². The molecule has 112 valence electrons. The van der Waals surface area contributed by atoms with E-state index in [9.17, 15) is 13.6 Å². The summed E-state index contributed by atoms with van der Waals surface area (Å²) in [6.07, 6.45) is 0. The van der Waals surface area contributed by atoms with Gasteiger partial charge in [-0.3, -0.25) is 4.79 Å². The Hall–Kier alpha value is -2.76. The molecular formula is C16H12F2N2O2. The van der Waals surface area contributed by atoms with Crippen molar-refractivity contribution < 1.29 is 18.0 Å². The minimum atomic E-state index is -0.915. The van der Waals surface area contributed by atoms with E-state index in [1.807, 2.05) is 12.1 Å². The third-order valence-electron chi connectivity index (χ3n) is 3.20. The van der Waals surface area contributed by atoms with Crippen LogP contribution in [0.4, 0.5) is 8.78 Å². The Morgan fingerprint density at radius 2 is 2.00 bits per heavy atom. The van der Waals surface area contributed by atoms with Crippen LogP contribution in [0.15, 0.2) is 46.9 Å². The summed E-state index contributed by atoms with van der Waals surface area (Å²) in [4.78, 5) is 16.3. The number of hydrogen-bond donors (Lipinski definition) is 1. The van der Waals surface area contributed by atoms with Gasteiger partial charge < -0.3 is 9.73 Å². The SMILES string of the molecule is CC(NC(=O)c1ccc(F)cc1F)c1nc2ccccc2o1. The molecule has 4 nitrogen and oxygen atoms in total. The van der Waals surface area contributed by atoms with E-state index in [-0.39, 0.29) is 5.56 Å². The summed E-state index contributed by atoms with van der Waals surface area (Å²) < 4.78 is 32.0. The highest BCUT2D eigenvalue weighted by Crippen LogP contribution is 2.20. The second-order valence-corrected chi connectivity index (χ2v) is 4.84. The maximum absolute atomic E-state index is 13.6. The van der Waals surface area contributed by atoms with Crippen molar-refractivity contribution in [2.75, 3.05) is 0 Å². The highest BCUT2D eigenvalue weighted by Gasteiger charge is 2.19. The summed E-state index contributed by atoms with van der Waals surface area (Å²) in [5, 5.41) is 2.58. The van der Waals surface area contributed by atoms with E-state index in [0.717, 1.165) is 12.1 Å². The Bertz CT molecular complexity index is 812. The molecule has 0 aliphatic carbocycles. The van der Waals surface area contributed by atoms with Gasteiger partial charge in [-0.25, -0.2) is 13.8 Å². The van der Waals surface area contributed by atoms with Crippen molar-refractivity contribution in [3.05, 3.63) is 65.6 Å². The van der Waals surface area contributed by atoms with Gasteiger partial charge in [0.25, 0.3) is 5.91 Å². The highest BCUT2D eigenvalue weighted by atomic mass is 19.1. The van der Waals surface area contributed by atoms with Crippen LogP contribution in [0.3, 0.4) is 0 Å². The molecule has 3 aromatic rings. The zero-order chi connectivity index (χ0) is 15.7. The van der Waals surface area contributed by atoms with Crippen molar-refractivity contribution in [2.45, 2.75) is 13.0 Å². The summed E-state index contributed by atoms with van der Waals surface area (Å²) in [5.41, 5.74) is 1.04. The minimum absolute atomic E-state index is 0.232. The van der Waals surface area contributed by atoms with Crippen molar-refractivity contribution in [3.63, 3.8) is 0 Å². The van der Waals surface area contributed by atoms with Crippen molar-refractivity contribution >= 4 is 17.0 Å². The Balaban J connectivity index is 1.81. The number of rotatable bonds is 3. The fraction of sp³-hybridized carbons (Fsp3) is 0.125. The number of carbonyl (C=O) groups excluding carboxylic acids is 1. The zero-order valence-electron chi connectivity index (χ0n) is 11.6. The number of benzene rings is 2. The molecular weight excluding hydrogens is 290 g/mol. The van der Waals surface area contributed by atoms with Crippen LogP contribution >= 0.6 is 0 Å². The van der Waals surface area contributed by atoms with E-state index >= 15 is 0 Å². The standard InChI is InChI=1S/C16H12F2N2O2/c1-9(16-20-13-4-2-3-5-14(13)22-16)19-15(21)11-7-6-10(17)8-12(11)18/h2-9H,1H3,(H,19,21). The molecule has 6 heteroatoms. The zero-order valence-corrected chi connectivity index (χ0v) is 11.6. The number of fused-ring (bicyclic) bond motifs is 1. The molecule has 1 atom stereocenters. The first-order valence-electron chi connectivity index (χ1n) is 6.66. The molecule has 2 aromatic carbocycles. The van der Waals surface area contributed by atoms with Crippen LogP contribution in [-0.2, 0) is 0 Å². The van der Waals surface area contributed by atoms with Crippen LogP contribution in [-0.4, -0.2) is 10.9 Å². The largest absolute Gasteiger partial charge is 0.438 e. The van der Waals surface area contributed by atoms with E-state index in [2.05, 4.69) is 10.3 Å². The van der Waals surface area contributed by atoms with Crippen molar-refractivity contribution in [1.29, 1.82) is 0 Å². The first-order chi connectivity index (χ1) is 10.5. The van der Waals surface area contributed by atoms with E-state index in [4.69, 9.17) is 4.42 Å².